The zero-order valence-electron chi connectivity index (χ0n) is 22.3. The molecule has 1 aromatic heterocycles. The van der Waals surface area contributed by atoms with Crippen molar-refractivity contribution in [2.45, 2.75) is 44.8 Å². The van der Waals surface area contributed by atoms with E-state index in [1.54, 1.807) is 10.6 Å². The molecule has 9 heteroatoms. The number of benzene rings is 2. The van der Waals surface area contributed by atoms with Crippen LogP contribution in [0.15, 0.2) is 64.5 Å². The molecule has 0 radical (unpaired) electrons. The zero-order chi connectivity index (χ0) is 26.9. The van der Waals surface area contributed by atoms with E-state index >= 15 is 0 Å². The van der Waals surface area contributed by atoms with E-state index in [1.165, 1.54) is 17.4 Å². The third kappa shape index (κ3) is 6.75. The molecule has 202 valence electrons. The van der Waals surface area contributed by atoms with Gasteiger partial charge in [0.25, 0.3) is 5.56 Å². The minimum atomic E-state index is -0.175. The predicted molar refractivity (Wildman–Crippen MR) is 154 cm³/mol. The van der Waals surface area contributed by atoms with Crippen molar-refractivity contribution >= 4 is 40.2 Å². The van der Waals surface area contributed by atoms with Gasteiger partial charge in [-0.2, -0.15) is 0 Å². The van der Waals surface area contributed by atoms with Crippen molar-refractivity contribution in [3.63, 3.8) is 0 Å². The van der Waals surface area contributed by atoms with Crippen LogP contribution in [0.3, 0.4) is 0 Å². The fraction of sp³-hybridized carbons (Fsp3) is 0.448. The molecule has 0 saturated carbocycles. The minimum Gasteiger partial charge on any atom is -0.368 e. The Hall–Kier alpha value is -3.33. The molecule has 2 heterocycles. The summed E-state index contributed by atoms with van der Waals surface area (Å²) in [6.45, 7) is 8.66. The van der Waals surface area contributed by atoms with E-state index < -0.39 is 0 Å². The van der Waals surface area contributed by atoms with E-state index in [2.05, 4.69) is 30.9 Å². The number of hydrogen-bond acceptors (Lipinski definition) is 6. The smallest absolute Gasteiger partial charge is 0.262 e. The van der Waals surface area contributed by atoms with Crippen molar-refractivity contribution in [3.05, 3.63) is 65.0 Å². The lowest BCUT2D eigenvalue weighted by Crippen LogP contribution is -2.49. The molecule has 1 aliphatic rings. The Morgan fingerprint density at radius 1 is 0.921 bits per heavy atom. The minimum absolute atomic E-state index is 0.0295. The molecule has 1 aliphatic heterocycles. The first-order chi connectivity index (χ1) is 18.5. The van der Waals surface area contributed by atoms with Crippen LogP contribution in [0.25, 0.3) is 10.9 Å². The van der Waals surface area contributed by atoms with Gasteiger partial charge >= 0.3 is 0 Å². The van der Waals surface area contributed by atoms with Gasteiger partial charge in [-0.15, -0.1) is 0 Å². The Labute approximate surface area is 228 Å². The van der Waals surface area contributed by atoms with Crippen LogP contribution in [-0.4, -0.2) is 76.2 Å². The molecular weight excluding hydrogens is 498 g/mol. The van der Waals surface area contributed by atoms with Crippen molar-refractivity contribution in [2.24, 2.45) is 0 Å². The van der Waals surface area contributed by atoms with Crippen LogP contribution >= 0.6 is 11.8 Å². The molecule has 0 bridgehead atoms. The third-order valence-corrected chi connectivity index (χ3v) is 7.76. The Morgan fingerprint density at radius 3 is 2.26 bits per heavy atom. The molecule has 3 aromatic rings. The van der Waals surface area contributed by atoms with Gasteiger partial charge in [0.15, 0.2) is 5.16 Å². The van der Waals surface area contributed by atoms with Gasteiger partial charge in [0, 0.05) is 57.9 Å². The van der Waals surface area contributed by atoms with E-state index in [-0.39, 0.29) is 36.1 Å². The number of para-hydroxylation sites is 2. The number of carbonyl (C=O) groups is 2. The topological polar surface area (TPSA) is 78.8 Å². The van der Waals surface area contributed by atoms with Crippen LogP contribution in [-0.2, 0) is 16.1 Å². The molecular formula is C29H37N5O3S. The average molecular weight is 536 g/mol. The monoisotopic (exact) mass is 535 g/mol. The number of amides is 2. The first-order valence-corrected chi connectivity index (χ1v) is 14.5. The first kappa shape index (κ1) is 27.7. The van der Waals surface area contributed by atoms with Gasteiger partial charge in [-0.3, -0.25) is 19.0 Å². The summed E-state index contributed by atoms with van der Waals surface area (Å²) in [4.78, 5) is 50.1. The molecule has 2 amide bonds. The third-order valence-electron chi connectivity index (χ3n) is 6.79. The molecule has 38 heavy (non-hydrogen) atoms. The highest BCUT2D eigenvalue weighted by molar-refractivity contribution is 7.99. The van der Waals surface area contributed by atoms with E-state index in [4.69, 9.17) is 4.98 Å². The molecule has 1 fully saturated rings. The maximum absolute atomic E-state index is 13.4. The second-order valence-corrected chi connectivity index (χ2v) is 10.4. The van der Waals surface area contributed by atoms with E-state index in [0.29, 0.717) is 29.1 Å². The molecule has 8 nitrogen and oxygen atoms in total. The first-order valence-electron chi connectivity index (χ1n) is 13.5. The number of thioether (sulfide) groups is 1. The summed E-state index contributed by atoms with van der Waals surface area (Å²) in [5, 5.41) is 1.00. The summed E-state index contributed by atoms with van der Waals surface area (Å²) in [6.07, 6.45) is 2.01. The van der Waals surface area contributed by atoms with Crippen LogP contribution in [0.1, 0.15) is 33.1 Å². The SMILES string of the molecule is CCCN(CCC)C(=O)CSc1nc2ccccc2c(=O)n1CCC(=O)N1CCN(c2ccccc2)CC1. The highest BCUT2D eigenvalue weighted by Crippen LogP contribution is 2.20. The Morgan fingerprint density at radius 2 is 1.58 bits per heavy atom. The van der Waals surface area contributed by atoms with Crippen molar-refractivity contribution in [2.75, 3.05) is 49.9 Å². The van der Waals surface area contributed by atoms with Gasteiger partial charge in [-0.05, 0) is 37.1 Å². The molecule has 4 rings (SSSR count). The number of hydrogen-bond donors (Lipinski definition) is 0. The normalized spacial score (nSPS) is 13.6. The van der Waals surface area contributed by atoms with Gasteiger partial charge < -0.3 is 14.7 Å². The van der Waals surface area contributed by atoms with E-state index in [0.717, 1.165) is 39.0 Å². The quantitative estimate of drug-likeness (QED) is 0.274. The van der Waals surface area contributed by atoms with Crippen molar-refractivity contribution in [1.29, 1.82) is 0 Å². The summed E-state index contributed by atoms with van der Waals surface area (Å²) >= 11 is 1.28. The Balaban J connectivity index is 1.44. The van der Waals surface area contributed by atoms with Crippen LogP contribution in [0.4, 0.5) is 5.69 Å². The highest BCUT2D eigenvalue weighted by atomic mass is 32.2. The lowest BCUT2D eigenvalue weighted by Gasteiger charge is -2.36. The summed E-state index contributed by atoms with van der Waals surface area (Å²) in [5.41, 5.74) is 1.60. The van der Waals surface area contributed by atoms with E-state index in [9.17, 15) is 14.4 Å². The van der Waals surface area contributed by atoms with Gasteiger partial charge in [0.1, 0.15) is 0 Å². The number of fused-ring (bicyclic) bond motifs is 1. The molecule has 2 aromatic carbocycles. The number of piperazine rings is 1. The Bertz CT molecular complexity index is 1280. The number of aromatic nitrogens is 2. The molecule has 0 aliphatic carbocycles. The number of anilines is 1. The number of carbonyl (C=O) groups excluding carboxylic acids is 2. The largest absolute Gasteiger partial charge is 0.368 e. The van der Waals surface area contributed by atoms with Gasteiger partial charge in [-0.25, -0.2) is 4.98 Å². The number of nitrogens with zero attached hydrogens (tertiary/aromatic N) is 5. The maximum atomic E-state index is 13.4. The van der Waals surface area contributed by atoms with Crippen molar-refractivity contribution in [3.8, 4) is 0 Å². The van der Waals surface area contributed by atoms with E-state index in [1.807, 2.05) is 46.2 Å². The second-order valence-electron chi connectivity index (χ2n) is 9.49. The Kier molecular flexibility index (Phi) is 9.81. The van der Waals surface area contributed by atoms with Gasteiger partial charge in [0.2, 0.25) is 11.8 Å². The van der Waals surface area contributed by atoms with Crippen LogP contribution in [0.2, 0.25) is 0 Å². The lowest BCUT2D eigenvalue weighted by molar-refractivity contribution is -0.132. The van der Waals surface area contributed by atoms with Crippen molar-refractivity contribution in [1.82, 2.24) is 19.4 Å². The lowest BCUT2D eigenvalue weighted by atomic mass is 10.2. The molecule has 0 atom stereocenters. The summed E-state index contributed by atoms with van der Waals surface area (Å²) < 4.78 is 1.57. The van der Waals surface area contributed by atoms with Crippen LogP contribution in [0, 0.1) is 0 Å². The van der Waals surface area contributed by atoms with Gasteiger partial charge in [-0.1, -0.05) is 55.9 Å². The molecule has 0 unspecified atom stereocenters. The average Bonchev–Trinajstić information content (AvgIpc) is 2.96. The summed E-state index contributed by atoms with van der Waals surface area (Å²) in [6, 6.07) is 17.5. The highest BCUT2D eigenvalue weighted by Gasteiger charge is 2.22. The summed E-state index contributed by atoms with van der Waals surface area (Å²) in [5.74, 6) is 0.280. The fourth-order valence-electron chi connectivity index (χ4n) is 4.79. The predicted octanol–water partition coefficient (Wildman–Crippen LogP) is 3.88. The molecule has 0 spiro atoms. The molecule has 0 N–H and O–H groups in total. The van der Waals surface area contributed by atoms with Crippen molar-refractivity contribution < 1.29 is 9.59 Å². The fourth-order valence-corrected chi connectivity index (χ4v) is 5.72. The van der Waals surface area contributed by atoms with Gasteiger partial charge in [0.05, 0.1) is 16.7 Å². The molecule has 1 saturated heterocycles. The zero-order valence-corrected chi connectivity index (χ0v) is 23.2. The second kappa shape index (κ2) is 13.5. The van der Waals surface area contributed by atoms with Crippen LogP contribution in [0.5, 0.6) is 0 Å². The van der Waals surface area contributed by atoms with Crippen LogP contribution < -0.4 is 10.5 Å². The summed E-state index contributed by atoms with van der Waals surface area (Å²) in [7, 11) is 0. The standard InChI is InChI=1S/C29H37N5O3S/c1-3-15-32(16-4-2)27(36)22-38-29-30-25-13-9-8-12-24(25)28(37)34(29)17-14-26(35)33-20-18-31(19-21-33)23-10-6-5-7-11-23/h5-13H,3-4,14-22H2,1-2H3. The maximum Gasteiger partial charge on any atom is 0.262 e. The number of rotatable bonds is 11.